The Morgan fingerprint density at radius 2 is 1.73 bits per heavy atom. The molecule has 1 aliphatic carbocycles. The number of anilines is 3. The predicted octanol–water partition coefficient (Wildman–Crippen LogP) is 5.54. The summed E-state index contributed by atoms with van der Waals surface area (Å²) < 4.78 is 35.1. The summed E-state index contributed by atoms with van der Waals surface area (Å²) >= 11 is 11.8. The molecule has 2 amide bonds. The van der Waals surface area contributed by atoms with Crippen molar-refractivity contribution in [3.63, 3.8) is 0 Å². The van der Waals surface area contributed by atoms with Gasteiger partial charge >= 0.3 is 25.6 Å². The number of carboxylic acid groups (broad SMARTS) is 1. The normalized spacial score (nSPS) is 14.8. The highest BCUT2D eigenvalue weighted by atomic mass is 35.5. The summed E-state index contributed by atoms with van der Waals surface area (Å²) in [6.45, 7) is 11.6. The maximum absolute atomic E-state index is 14.3. The number of carbonyl (C=O) groups excluding carboxylic acids is 2. The molecule has 1 aromatic heterocycles. The molecule has 49 heavy (non-hydrogen) atoms. The summed E-state index contributed by atoms with van der Waals surface area (Å²) in [4.78, 5) is 63.3. The number of aromatic nitrogens is 3. The van der Waals surface area contributed by atoms with Gasteiger partial charge in [-0.3, -0.25) is 19.5 Å². The number of cyclic esters (lactones) is 1. The van der Waals surface area contributed by atoms with E-state index in [4.69, 9.17) is 47.6 Å². The molecule has 4 rings (SSSR count). The predicted molar refractivity (Wildman–Crippen MR) is 182 cm³/mol. The number of rotatable bonds is 10. The van der Waals surface area contributed by atoms with E-state index in [0.717, 1.165) is 38.3 Å². The van der Waals surface area contributed by atoms with Crippen molar-refractivity contribution in [2.24, 2.45) is 0 Å². The number of imide groups is 1. The number of hydrogen-bond acceptors (Lipinski definition) is 12. The molecule has 1 aromatic carbocycles. The van der Waals surface area contributed by atoms with Crippen LogP contribution in [-0.2, 0) is 18.9 Å². The molecule has 2 fully saturated rings. The lowest BCUT2D eigenvalue weighted by atomic mass is 10.1. The molecule has 16 nitrogen and oxygen atoms in total. The highest BCUT2D eigenvalue weighted by molar-refractivity contribution is 7.51. The SMILES string of the molecule is CC(C)=C1OC(=O)N(c2cc(OC3CCCC3)c(Cl)cc2F)C1=O.CCNc1nc(Cl)nc(NC(C)(C)C)n1.O=C(O)CNCP(=O)(O)O. The van der Waals surface area contributed by atoms with E-state index in [0.29, 0.717) is 22.4 Å². The third kappa shape index (κ3) is 14.4. The van der Waals surface area contributed by atoms with E-state index in [1.807, 2.05) is 27.7 Å². The van der Waals surface area contributed by atoms with Crippen molar-refractivity contribution in [3.05, 3.63) is 39.6 Å². The minimum absolute atomic E-state index is 0.00962. The van der Waals surface area contributed by atoms with E-state index in [2.05, 4.69) is 30.9 Å². The number of amides is 2. The van der Waals surface area contributed by atoms with Crippen molar-refractivity contribution in [1.82, 2.24) is 20.3 Å². The zero-order chi connectivity index (χ0) is 37.1. The second-order valence-electron chi connectivity index (χ2n) is 11.9. The molecule has 272 valence electrons. The number of benzene rings is 1. The Kier molecular flexibility index (Phi) is 15.6. The van der Waals surface area contributed by atoms with Crippen LogP contribution < -0.4 is 25.6 Å². The molecule has 6 N–H and O–H groups in total. The molecule has 1 saturated heterocycles. The highest BCUT2D eigenvalue weighted by Gasteiger charge is 2.40. The van der Waals surface area contributed by atoms with Gasteiger partial charge in [-0.15, -0.1) is 0 Å². The van der Waals surface area contributed by atoms with Crippen LogP contribution in [-0.4, -0.2) is 78.8 Å². The number of carbonyl (C=O) groups is 3. The van der Waals surface area contributed by atoms with Gasteiger partial charge in [0.05, 0.1) is 29.6 Å². The van der Waals surface area contributed by atoms with Gasteiger partial charge in [0.1, 0.15) is 11.6 Å². The van der Waals surface area contributed by atoms with Crippen molar-refractivity contribution in [3.8, 4) is 5.75 Å². The van der Waals surface area contributed by atoms with Crippen LogP contribution in [0.15, 0.2) is 23.5 Å². The van der Waals surface area contributed by atoms with Gasteiger partial charge in [-0.1, -0.05) is 11.6 Å². The van der Waals surface area contributed by atoms with Crippen LogP contribution in [0.3, 0.4) is 0 Å². The van der Waals surface area contributed by atoms with Crippen LogP contribution in [0, 0.1) is 5.82 Å². The Bertz CT molecular complexity index is 1580. The van der Waals surface area contributed by atoms with Gasteiger partial charge < -0.3 is 35.0 Å². The van der Waals surface area contributed by atoms with Gasteiger partial charge in [0, 0.05) is 18.2 Å². The molecule has 0 unspecified atom stereocenters. The lowest BCUT2D eigenvalue weighted by molar-refractivity contribution is -0.135. The second kappa shape index (κ2) is 18.4. The third-order valence-corrected chi connectivity index (χ3v) is 7.19. The molecule has 2 aliphatic rings. The number of halogens is 3. The fraction of sp³-hybridized carbons (Fsp3) is 0.517. The zero-order valence-electron chi connectivity index (χ0n) is 27.8. The van der Waals surface area contributed by atoms with Crippen LogP contribution in [0.5, 0.6) is 5.75 Å². The van der Waals surface area contributed by atoms with Gasteiger partial charge in [0.25, 0.3) is 0 Å². The summed E-state index contributed by atoms with van der Waals surface area (Å²) in [6, 6.07) is 2.32. The van der Waals surface area contributed by atoms with Crippen LogP contribution >= 0.6 is 30.8 Å². The average Bonchev–Trinajstić information content (AvgIpc) is 3.56. The van der Waals surface area contributed by atoms with Gasteiger partial charge in [-0.2, -0.15) is 15.0 Å². The lowest BCUT2D eigenvalue weighted by Crippen LogP contribution is -2.29. The first-order valence-corrected chi connectivity index (χ1v) is 17.6. The molecule has 20 heteroatoms. The van der Waals surface area contributed by atoms with E-state index < -0.39 is 44.2 Å². The number of allylic oxidation sites excluding steroid dienone is 1. The smallest absolute Gasteiger partial charge is 0.427 e. The first kappa shape index (κ1) is 41.6. The van der Waals surface area contributed by atoms with E-state index in [1.165, 1.54) is 6.07 Å². The van der Waals surface area contributed by atoms with Gasteiger partial charge in [0.2, 0.25) is 17.2 Å². The van der Waals surface area contributed by atoms with Crippen molar-refractivity contribution in [2.75, 3.05) is 34.9 Å². The standard InChI is InChI=1S/C17H17ClFNO4.C9H16ClN5.C3H8NO5P/c1-9(2)15-16(21)20(17(22)24-15)13-8-14(11(18)7-12(13)19)23-10-5-3-4-6-10;1-5-11-7-12-6(10)13-8(14-7)15-9(2,3)4;5-3(6)1-4-2-10(7,8)9/h7-8,10H,3-6H2,1-2H3;5H2,1-4H3,(H2,11,12,13,14,15);4H,1-2H2,(H,5,6)(H2,7,8,9). The van der Waals surface area contributed by atoms with Gasteiger partial charge in [-0.25, -0.2) is 14.1 Å². The zero-order valence-corrected chi connectivity index (χ0v) is 30.2. The number of nitrogens with zero attached hydrogens (tertiary/aromatic N) is 4. The van der Waals surface area contributed by atoms with Crippen LogP contribution in [0.2, 0.25) is 10.3 Å². The third-order valence-electron chi connectivity index (χ3n) is 6.09. The van der Waals surface area contributed by atoms with Crippen LogP contribution in [0.4, 0.5) is 26.8 Å². The fourth-order valence-corrected chi connectivity index (χ4v) is 4.90. The number of nitrogens with one attached hydrogen (secondary N) is 3. The van der Waals surface area contributed by atoms with E-state index >= 15 is 0 Å². The summed E-state index contributed by atoms with van der Waals surface area (Å²) in [5, 5.41) is 16.5. The molecule has 0 bridgehead atoms. The fourth-order valence-electron chi connectivity index (χ4n) is 4.14. The van der Waals surface area contributed by atoms with E-state index in [-0.39, 0.29) is 39.1 Å². The Morgan fingerprint density at radius 1 is 1.12 bits per heavy atom. The van der Waals surface area contributed by atoms with Gasteiger partial charge in [0.15, 0.2) is 5.76 Å². The Morgan fingerprint density at radius 3 is 2.24 bits per heavy atom. The quantitative estimate of drug-likeness (QED) is 0.129. The maximum Gasteiger partial charge on any atom is 0.427 e. The molecule has 0 atom stereocenters. The molecule has 1 aliphatic heterocycles. The van der Waals surface area contributed by atoms with E-state index in [1.54, 1.807) is 13.8 Å². The number of carboxylic acids is 1. The van der Waals surface area contributed by atoms with Crippen molar-refractivity contribution in [1.29, 1.82) is 0 Å². The largest absolute Gasteiger partial charge is 0.489 e. The lowest BCUT2D eigenvalue weighted by Gasteiger charge is -2.20. The first-order valence-electron chi connectivity index (χ1n) is 15.0. The molecular formula is C29H41Cl2FN7O9P. The minimum atomic E-state index is -4.10. The Labute approximate surface area is 292 Å². The number of aliphatic carboxylic acids is 1. The molecule has 0 spiro atoms. The number of ether oxygens (including phenoxy) is 2. The minimum Gasteiger partial charge on any atom is -0.489 e. The van der Waals surface area contributed by atoms with Crippen molar-refractivity contribution < 1.29 is 47.7 Å². The maximum atomic E-state index is 14.3. The van der Waals surface area contributed by atoms with Crippen molar-refractivity contribution >= 4 is 66.4 Å². The molecule has 2 aromatic rings. The summed E-state index contributed by atoms with van der Waals surface area (Å²) in [5.74, 6) is -1.50. The molecule has 1 saturated carbocycles. The monoisotopic (exact) mass is 751 g/mol. The van der Waals surface area contributed by atoms with Crippen LogP contribution in [0.1, 0.15) is 67.2 Å². The first-order chi connectivity index (χ1) is 22.7. The Balaban J connectivity index is 0.000000285. The average molecular weight is 753 g/mol. The number of hydrogen-bond donors (Lipinski definition) is 6. The molecular weight excluding hydrogens is 711 g/mol. The summed E-state index contributed by atoms with van der Waals surface area (Å²) in [5.41, 5.74) is 0.208. The second-order valence-corrected chi connectivity index (χ2v) is 14.3. The summed E-state index contributed by atoms with van der Waals surface area (Å²) in [6.07, 6.45) is 2.40. The van der Waals surface area contributed by atoms with E-state index in [9.17, 15) is 23.3 Å². The van der Waals surface area contributed by atoms with Crippen LogP contribution in [0.25, 0.3) is 0 Å². The topological polar surface area (TPSA) is 225 Å². The highest BCUT2D eigenvalue weighted by Crippen LogP contribution is 2.37. The van der Waals surface area contributed by atoms with Gasteiger partial charge in [-0.05, 0) is 90.5 Å². The van der Waals surface area contributed by atoms with Crippen molar-refractivity contribution in [2.45, 2.75) is 78.9 Å². The summed E-state index contributed by atoms with van der Waals surface area (Å²) in [7, 11) is -4.10. The molecule has 0 radical (unpaired) electrons. The Hall–Kier alpha value is -3.60. The molecule has 2 heterocycles.